The number of nitrogens with one attached hydrogen (secondary N) is 1. The number of aliphatic carboxylic acids is 1. The number of rotatable bonds is 4. The Hall–Kier alpha value is -1.88. The molecule has 1 aromatic rings. The number of piperazine rings is 1. The summed E-state index contributed by atoms with van der Waals surface area (Å²) in [6.45, 7) is 9.33. The fourth-order valence-electron chi connectivity index (χ4n) is 2.98. The van der Waals surface area contributed by atoms with E-state index in [1.807, 2.05) is 0 Å². The molecule has 1 amide bonds. The van der Waals surface area contributed by atoms with Crippen LogP contribution < -0.4 is 10.0 Å². The third-order valence-electron chi connectivity index (χ3n) is 4.70. The van der Waals surface area contributed by atoms with Gasteiger partial charge >= 0.3 is 0 Å². The van der Waals surface area contributed by atoms with Crippen molar-refractivity contribution in [2.75, 3.05) is 26.2 Å². The topological polar surface area (TPSA) is 64.9 Å². The van der Waals surface area contributed by atoms with Gasteiger partial charge in [-0.15, -0.1) is 0 Å². The molecule has 5 heteroatoms. The van der Waals surface area contributed by atoms with Crippen molar-refractivity contribution in [1.82, 2.24) is 4.90 Å². The van der Waals surface area contributed by atoms with E-state index in [4.69, 9.17) is 0 Å². The van der Waals surface area contributed by atoms with Gasteiger partial charge in [0.1, 0.15) is 6.04 Å². The largest absolute Gasteiger partial charge is 0.550 e. The third-order valence-corrected chi connectivity index (χ3v) is 4.70. The van der Waals surface area contributed by atoms with E-state index in [0.717, 1.165) is 13.1 Å². The van der Waals surface area contributed by atoms with Crippen molar-refractivity contribution in [2.24, 2.45) is 0 Å². The molecule has 1 fully saturated rings. The minimum absolute atomic E-state index is 0.335. The molecule has 0 aliphatic carbocycles. The van der Waals surface area contributed by atoms with Gasteiger partial charge in [0.2, 0.25) is 5.91 Å². The van der Waals surface area contributed by atoms with Gasteiger partial charge < -0.3 is 19.7 Å². The number of amides is 1. The first-order chi connectivity index (χ1) is 10.4. The number of nitrogens with zero attached hydrogens (tertiary/aromatic N) is 1. The maximum absolute atomic E-state index is 11.7. The van der Waals surface area contributed by atoms with Crippen molar-refractivity contribution in [3.8, 4) is 0 Å². The summed E-state index contributed by atoms with van der Waals surface area (Å²) in [5, 5.41) is 10.5. The van der Waals surface area contributed by atoms with Crippen molar-refractivity contribution in [3.05, 3.63) is 34.9 Å². The van der Waals surface area contributed by atoms with Crippen LogP contribution in [-0.4, -0.2) is 43.0 Å². The molecule has 120 valence electrons. The van der Waals surface area contributed by atoms with Gasteiger partial charge in [0.25, 0.3) is 0 Å². The molecule has 1 aromatic carbocycles. The Labute approximate surface area is 131 Å². The lowest BCUT2D eigenvalue weighted by molar-refractivity contribution is -0.933. The lowest BCUT2D eigenvalue weighted by Crippen LogP contribution is -3.14. The number of carbonyl (C=O) groups is 2. The fraction of sp³-hybridized carbons (Fsp3) is 0.529. The van der Waals surface area contributed by atoms with E-state index in [1.54, 1.807) is 4.90 Å². The monoisotopic (exact) mass is 304 g/mol. The second-order valence-electron chi connectivity index (χ2n) is 6.15. The Morgan fingerprint density at radius 1 is 1.23 bits per heavy atom. The fourth-order valence-corrected chi connectivity index (χ4v) is 2.98. The number of carboxylic acid groups (broad SMARTS) is 1. The van der Waals surface area contributed by atoms with Crippen molar-refractivity contribution in [2.45, 2.75) is 33.2 Å². The first-order valence-corrected chi connectivity index (χ1v) is 7.78. The van der Waals surface area contributed by atoms with Crippen LogP contribution in [0.5, 0.6) is 0 Å². The molecule has 0 radical (unpaired) electrons. The Balaban J connectivity index is 1.94. The standard InChI is InChI=1S/C17H24N2O3/c1-12-4-5-15(10-13(12)2)14(3)18-6-8-19(9-7-18)16(20)11-17(21)22/h4-5,10,14H,6-9,11H2,1-3H3,(H,21,22)/t14-/m1/s1. The molecule has 5 nitrogen and oxygen atoms in total. The highest BCUT2D eigenvalue weighted by Crippen LogP contribution is 2.15. The molecule has 0 unspecified atom stereocenters. The van der Waals surface area contributed by atoms with Gasteiger partial charge in [0.15, 0.2) is 0 Å². The minimum atomic E-state index is -1.30. The third kappa shape index (κ3) is 3.85. The Morgan fingerprint density at radius 3 is 2.41 bits per heavy atom. The van der Waals surface area contributed by atoms with Gasteiger partial charge in [-0.2, -0.15) is 0 Å². The normalized spacial score (nSPS) is 17.3. The predicted octanol–water partition coefficient (Wildman–Crippen LogP) is -0.768. The second-order valence-corrected chi connectivity index (χ2v) is 6.15. The van der Waals surface area contributed by atoms with E-state index in [2.05, 4.69) is 39.0 Å². The zero-order valence-corrected chi connectivity index (χ0v) is 13.5. The first kappa shape index (κ1) is 16.5. The van der Waals surface area contributed by atoms with Gasteiger partial charge in [-0.25, -0.2) is 0 Å². The molecule has 1 aliphatic heterocycles. The van der Waals surface area contributed by atoms with E-state index in [0.29, 0.717) is 19.1 Å². The van der Waals surface area contributed by atoms with Crippen LogP contribution in [0.1, 0.15) is 36.1 Å². The molecule has 0 aromatic heterocycles. The number of carbonyl (C=O) groups excluding carboxylic acids is 2. The molecular weight excluding hydrogens is 280 g/mol. The summed E-state index contributed by atoms with van der Waals surface area (Å²) in [4.78, 5) is 25.3. The number of hydrogen-bond acceptors (Lipinski definition) is 3. The van der Waals surface area contributed by atoms with Crippen molar-refractivity contribution < 1.29 is 19.6 Å². The van der Waals surface area contributed by atoms with E-state index in [1.165, 1.54) is 21.6 Å². The molecule has 22 heavy (non-hydrogen) atoms. The number of benzene rings is 1. The van der Waals surface area contributed by atoms with Crippen LogP contribution in [0.4, 0.5) is 0 Å². The summed E-state index contributed by atoms with van der Waals surface area (Å²) >= 11 is 0. The van der Waals surface area contributed by atoms with Crippen LogP contribution >= 0.6 is 0 Å². The van der Waals surface area contributed by atoms with Crippen LogP contribution in [0.25, 0.3) is 0 Å². The molecule has 0 spiro atoms. The Morgan fingerprint density at radius 2 is 1.86 bits per heavy atom. The number of quaternary nitrogens is 1. The quantitative estimate of drug-likeness (QED) is 0.743. The van der Waals surface area contributed by atoms with E-state index < -0.39 is 12.4 Å². The van der Waals surface area contributed by atoms with Crippen molar-refractivity contribution >= 4 is 11.9 Å². The van der Waals surface area contributed by atoms with Crippen molar-refractivity contribution in [3.63, 3.8) is 0 Å². The average molecular weight is 304 g/mol. The molecule has 1 atom stereocenters. The zero-order valence-electron chi connectivity index (χ0n) is 13.5. The number of aryl methyl sites for hydroxylation is 2. The molecule has 1 saturated heterocycles. The number of hydrogen-bond donors (Lipinski definition) is 1. The maximum atomic E-state index is 11.7. The molecule has 1 N–H and O–H groups in total. The van der Waals surface area contributed by atoms with Gasteiger partial charge in [-0.3, -0.25) is 4.79 Å². The van der Waals surface area contributed by atoms with Crippen LogP contribution in [0.2, 0.25) is 0 Å². The number of carboxylic acids is 1. The summed E-state index contributed by atoms with van der Waals surface area (Å²) in [7, 11) is 0. The molecule has 2 rings (SSSR count). The summed E-state index contributed by atoms with van der Waals surface area (Å²) in [6.07, 6.45) is -0.512. The van der Waals surface area contributed by atoms with E-state index >= 15 is 0 Å². The van der Waals surface area contributed by atoms with Crippen LogP contribution in [0.15, 0.2) is 18.2 Å². The second kappa shape index (κ2) is 6.92. The van der Waals surface area contributed by atoms with Gasteiger partial charge in [0.05, 0.1) is 38.6 Å². The highest BCUT2D eigenvalue weighted by Gasteiger charge is 2.27. The van der Waals surface area contributed by atoms with E-state index in [9.17, 15) is 14.7 Å². The molecule has 1 heterocycles. The summed E-state index contributed by atoms with van der Waals surface area (Å²) in [6, 6.07) is 6.94. The average Bonchev–Trinajstić information content (AvgIpc) is 2.49. The summed E-state index contributed by atoms with van der Waals surface area (Å²) in [5.74, 6) is -1.64. The van der Waals surface area contributed by atoms with Crippen LogP contribution in [0.3, 0.4) is 0 Å². The van der Waals surface area contributed by atoms with Gasteiger partial charge in [0, 0.05) is 5.56 Å². The predicted molar refractivity (Wildman–Crippen MR) is 81.2 cm³/mol. The van der Waals surface area contributed by atoms with Crippen LogP contribution in [0, 0.1) is 13.8 Å². The minimum Gasteiger partial charge on any atom is -0.550 e. The summed E-state index contributed by atoms with van der Waals surface area (Å²) in [5.41, 5.74) is 3.91. The zero-order chi connectivity index (χ0) is 16.3. The lowest BCUT2D eigenvalue weighted by Gasteiger charge is -2.35. The van der Waals surface area contributed by atoms with E-state index in [-0.39, 0.29) is 5.91 Å². The molecule has 0 saturated carbocycles. The Bertz CT molecular complexity index is 563. The molecular formula is C17H24N2O3. The van der Waals surface area contributed by atoms with Crippen molar-refractivity contribution in [1.29, 1.82) is 0 Å². The Kier molecular flexibility index (Phi) is 5.19. The summed E-state index contributed by atoms with van der Waals surface area (Å²) < 4.78 is 0. The van der Waals surface area contributed by atoms with Gasteiger partial charge in [-0.05, 0) is 38.0 Å². The smallest absolute Gasteiger partial charge is 0.228 e. The maximum Gasteiger partial charge on any atom is 0.228 e. The highest BCUT2D eigenvalue weighted by atomic mass is 16.4. The lowest BCUT2D eigenvalue weighted by atomic mass is 10.0. The SMILES string of the molecule is Cc1ccc([C@@H](C)[NH+]2CCN(C(=O)CC(=O)[O-])CC2)cc1C. The molecule has 1 aliphatic rings. The van der Waals surface area contributed by atoms with Crippen LogP contribution in [-0.2, 0) is 9.59 Å². The molecule has 0 bridgehead atoms. The van der Waals surface area contributed by atoms with Gasteiger partial charge in [-0.1, -0.05) is 12.1 Å². The highest BCUT2D eigenvalue weighted by molar-refractivity contribution is 5.92. The first-order valence-electron chi connectivity index (χ1n) is 7.78.